The highest BCUT2D eigenvalue weighted by molar-refractivity contribution is 5.79. The summed E-state index contributed by atoms with van der Waals surface area (Å²) in [5.41, 5.74) is 1.19. The lowest BCUT2D eigenvalue weighted by Gasteiger charge is -2.34. The number of hydrogen-bond donors (Lipinski definition) is 0. The van der Waals surface area contributed by atoms with Crippen molar-refractivity contribution in [2.45, 2.75) is 33.1 Å². The van der Waals surface area contributed by atoms with Gasteiger partial charge in [-0.05, 0) is 57.3 Å². The predicted octanol–water partition coefficient (Wildman–Crippen LogP) is 2.41. The first-order valence-electron chi connectivity index (χ1n) is 9.71. The average Bonchev–Trinajstić information content (AvgIpc) is 3.10. The highest BCUT2D eigenvalue weighted by atomic mass is 16.2. The quantitative estimate of drug-likeness (QED) is 0.822. The molecule has 5 nitrogen and oxygen atoms in total. The summed E-state index contributed by atoms with van der Waals surface area (Å²) in [5, 5.41) is 0. The van der Waals surface area contributed by atoms with Gasteiger partial charge in [0.1, 0.15) is 5.82 Å². The van der Waals surface area contributed by atoms with Gasteiger partial charge in [0.25, 0.3) is 0 Å². The van der Waals surface area contributed by atoms with Crippen molar-refractivity contribution in [1.82, 2.24) is 14.8 Å². The van der Waals surface area contributed by atoms with Gasteiger partial charge in [-0.2, -0.15) is 0 Å². The number of aryl methyl sites for hydroxylation is 1. The van der Waals surface area contributed by atoms with Gasteiger partial charge in [0.2, 0.25) is 5.91 Å². The number of nitrogens with zero attached hydrogens (tertiary/aromatic N) is 4. The van der Waals surface area contributed by atoms with Gasteiger partial charge in [0.05, 0.1) is 0 Å². The van der Waals surface area contributed by atoms with E-state index in [2.05, 4.69) is 52.7 Å². The first kappa shape index (κ1) is 18.2. The number of carbonyl (C=O) groups excluding carboxylic acids is 1. The van der Waals surface area contributed by atoms with Gasteiger partial charge in [0, 0.05) is 44.8 Å². The summed E-state index contributed by atoms with van der Waals surface area (Å²) in [6, 6.07) is 4.20. The summed E-state index contributed by atoms with van der Waals surface area (Å²) in [4.78, 5) is 24.2. The number of anilines is 1. The van der Waals surface area contributed by atoms with E-state index in [1.54, 1.807) is 0 Å². The van der Waals surface area contributed by atoms with E-state index in [9.17, 15) is 4.79 Å². The van der Waals surface area contributed by atoms with Gasteiger partial charge >= 0.3 is 0 Å². The number of aromatic nitrogens is 1. The van der Waals surface area contributed by atoms with Crippen LogP contribution in [0.15, 0.2) is 18.3 Å². The molecule has 2 aliphatic heterocycles. The van der Waals surface area contributed by atoms with Crippen molar-refractivity contribution in [2.24, 2.45) is 11.8 Å². The molecule has 0 bridgehead atoms. The van der Waals surface area contributed by atoms with Crippen LogP contribution in [0.5, 0.6) is 0 Å². The maximum absolute atomic E-state index is 12.9. The van der Waals surface area contributed by atoms with Crippen LogP contribution in [0.4, 0.5) is 5.82 Å². The molecule has 0 aliphatic carbocycles. The summed E-state index contributed by atoms with van der Waals surface area (Å²) < 4.78 is 0. The molecular weight excluding hydrogens is 312 g/mol. The van der Waals surface area contributed by atoms with E-state index in [1.807, 2.05) is 6.20 Å². The SMILES string of the molecule is CCN(C)CC1CCN(C(=O)C2CCN(c3ccc(C)cn3)CC2)C1. The summed E-state index contributed by atoms with van der Waals surface area (Å²) in [6.45, 7) is 10.2. The molecule has 1 aromatic heterocycles. The molecule has 0 radical (unpaired) electrons. The fraction of sp³-hybridized carbons (Fsp3) is 0.700. The first-order valence-corrected chi connectivity index (χ1v) is 9.71. The van der Waals surface area contributed by atoms with E-state index < -0.39 is 0 Å². The molecule has 2 fully saturated rings. The van der Waals surface area contributed by atoms with Crippen LogP contribution in [0.1, 0.15) is 31.7 Å². The van der Waals surface area contributed by atoms with Crippen molar-refractivity contribution in [3.8, 4) is 0 Å². The minimum atomic E-state index is 0.198. The third-order valence-corrected chi connectivity index (χ3v) is 5.77. The van der Waals surface area contributed by atoms with Gasteiger partial charge in [-0.1, -0.05) is 13.0 Å². The monoisotopic (exact) mass is 344 g/mol. The Morgan fingerprint density at radius 2 is 2.00 bits per heavy atom. The Balaban J connectivity index is 1.48. The molecule has 3 rings (SSSR count). The molecule has 0 N–H and O–H groups in total. The van der Waals surface area contributed by atoms with Crippen molar-refractivity contribution in [2.75, 3.05) is 51.2 Å². The molecule has 5 heteroatoms. The summed E-state index contributed by atoms with van der Waals surface area (Å²) in [7, 11) is 2.17. The van der Waals surface area contributed by atoms with E-state index in [4.69, 9.17) is 0 Å². The number of rotatable bonds is 5. The Bertz CT molecular complexity index is 566. The third-order valence-electron chi connectivity index (χ3n) is 5.77. The van der Waals surface area contributed by atoms with E-state index in [0.717, 1.165) is 64.3 Å². The van der Waals surface area contributed by atoms with Crippen LogP contribution in [-0.2, 0) is 4.79 Å². The Morgan fingerprint density at radius 3 is 2.64 bits per heavy atom. The molecule has 1 atom stereocenters. The number of likely N-dealkylation sites (tertiary alicyclic amines) is 1. The minimum Gasteiger partial charge on any atom is -0.357 e. The molecule has 0 spiro atoms. The fourth-order valence-corrected chi connectivity index (χ4v) is 4.01. The molecule has 3 heterocycles. The van der Waals surface area contributed by atoms with Crippen LogP contribution in [0.25, 0.3) is 0 Å². The first-order chi connectivity index (χ1) is 12.1. The smallest absolute Gasteiger partial charge is 0.225 e. The second kappa shape index (κ2) is 8.17. The maximum atomic E-state index is 12.9. The molecule has 2 saturated heterocycles. The highest BCUT2D eigenvalue weighted by Gasteiger charge is 2.33. The second-order valence-electron chi connectivity index (χ2n) is 7.75. The molecule has 138 valence electrons. The van der Waals surface area contributed by atoms with Gasteiger partial charge in [-0.25, -0.2) is 4.98 Å². The van der Waals surface area contributed by atoms with Crippen LogP contribution in [0.3, 0.4) is 0 Å². The van der Waals surface area contributed by atoms with Gasteiger partial charge in [-0.3, -0.25) is 4.79 Å². The van der Waals surface area contributed by atoms with Crippen molar-refractivity contribution >= 4 is 11.7 Å². The van der Waals surface area contributed by atoms with Crippen molar-refractivity contribution in [3.05, 3.63) is 23.9 Å². The van der Waals surface area contributed by atoms with Crippen LogP contribution >= 0.6 is 0 Å². The van der Waals surface area contributed by atoms with Crippen LogP contribution in [0.2, 0.25) is 0 Å². The molecule has 2 aliphatic rings. The van der Waals surface area contributed by atoms with E-state index in [0.29, 0.717) is 11.8 Å². The highest BCUT2D eigenvalue weighted by Crippen LogP contribution is 2.26. The molecule has 0 aromatic carbocycles. The van der Waals surface area contributed by atoms with Crippen LogP contribution in [-0.4, -0.2) is 67.0 Å². The number of carbonyl (C=O) groups is 1. The van der Waals surface area contributed by atoms with Crippen molar-refractivity contribution in [1.29, 1.82) is 0 Å². The van der Waals surface area contributed by atoms with Gasteiger partial charge < -0.3 is 14.7 Å². The van der Waals surface area contributed by atoms with Crippen molar-refractivity contribution in [3.63, 3.8) is 0 Å². The van der Waals surface area contributed by atoms with E-state index in [-0.39, 0.29) is 5.92 Å². The summed E-state index contributed by atoms with van der Waals surface area (Å²) in [6.07, 6.45) is 4.97. The standard InChI is InChI=1S/C20H32N4O/c1-4-22(3)14-17-7-10-24(15-17)20(25)18-8-11-23(12-9-18)19-6-5-16(2)13-21-19/h5-6,13,17-18H,4,7-12,14-15H2,1-3H3. The molecular formula is C20H32N4O. The van der Waals surface area contributed by atoms with Crippen molar-refractivity contribution < 1.29 is 4.79 Å². The Morgan fingerprint density at radius 1 is 1.24 bits per heavy atom. The zero-order chi connectivity index (χ0) is 17.8. The molecule has 25 heavy (non-hydrogen) atoms. The van der Waals surface area contributed by atoms with E-state index >= 15 is 0 Å². The average molecular weight is 345 g/mol. The Kier molecular flexibility index (Phi) is 5.94. The minimum absolute atomic E-state index is 0.198. The summed E-state index contributed by atoms with van der Waals surface area (Å²) in [5.74, 6) is 2.27. The summed E-state index contributed by atoms with van der Waals surface area (Å²) >= 11 is 0. The Labute approximate surface area is 152 Å². The molecule has 1 aromatic rings. The molecule has 0 saturated carbocycles. The fourth-order valence-electron chi connectivity index (χ4n) is 4.01. The number of piperidine rings is 1. The third kappa shape index (κ3) is 4.51. The topological polar surface area (TPSA) is 39.7 Å². The van der Waals surface area contributed by atoms with Gasteiger partial charge in [0.15, 0.2) is 0 Å². The van der Waals surface area contributed by atoms with E-state index in [1.165, 1.54) is 5.56 Å². The number of amides is 1. The molecule has 1 amide bonds. The Hall–Kier alpha value is -1.62. The van der Waals surface area contributed by atoms with Crippen LogP contribution in [0, 0.1) is 18.8 Å². The number of pyridine rings is 1. The molecule has 1 unspecified atom stereocenters. The predicted molar refractivity (Wildman–Crippen MR) is 102 cm³/mol. The lowest BCUT2D eigenvalue weighted by atomic mass is 9.95. The lowest BCUT2D eigenvalue weighted by molar-refractivity contribution is -0.135. The number of hydrogen-bond acceptors (Lipinski definition) is 4. The van der Waals surface area contributed by atoms with Crippen LogP contribution < -0.4 is 4.90 Å². The normalized spacial score (nSPS) is 22.0. The zero-order valence-electron chi connectivity index (χ0n) is 15.9. The largest absolute Gasteiger partial charge is 0.357 e. The zero-order valence-corrected chi connectivity index (χ0v) is 15.9. The van der Waals surface area contributed by atoms with Gasteiger partial charge in [-0.15, -0.1) is 0 Å². The second-order valence-corrected chi connectivity index (χ2v) is 7.75. The lowest BCUT2D eigenvalue weighted by Crippen LogP contribution is -2.42. The maximum Gasteiger partial charge on any atom is 0.225 e.